The molecule has 1 atom stereocenters. The van der Waals surface area contributed by atoms with Gasteiger partial charge in [0.05, 0.1) is 24.4 Å². The largest absolute Gasteiger partial charge is 0.462 e. The average molecular weight is 358 g/mol. The number of rotatable bonds is 6. The van der Waals surface area contributed by atoms with Gasteiger partial charge in [-0.15, -0.1) is 23.1 Å². The molecule has 2 aromatic heterocycles. The number of nitrogens with one attached hydrogen (secondary N) is 1. The minimum atomic E-state index is -0.0345. The Kier molecular flexibility index (Phi) is 5.37. The third-order valence-corrected chi connectivity index (χ3v) is 5.27. The normalized spacial score (nSPS) is 12.1. The Morgan fingerprint density at radius 2 is 2.12 bits per heavy atom. The number of furan rings is 1. The fourth-order valence-corrected chi connectivity index (χ4v) is 3.53. The second kappa shape index (κ2) is 7.68. The quantitative estimate of drug-likeness (QED) is 0.657. The molecule has 1 amide bonds. The summed E-state index contributed by atoms with van der Waals surface area (Å²) < 4.78 is 5.32. The predicted octanol–water partition coefficient (Wildman–Crippen LogP) is 4.54. The Morgan fingerprint density at radius 1 is 1.33 bits per heavy atom. The molecule has 6 heteroatoms. The summed E-state index contributed by atoms with van der Waals surface area (Å²) in [4.78, 5) is 17.9. The lowest BCUT2D eigenvalue weighted by Gasteiger charge is -2.14. The number of benzene rings is 1. The van der Waals surface area contributed by atoms with Crippen LogP contribution in [0.5, 0.6) is 0 Å². The van der Waals surface area contributed by atoms with E-state index < -0.39 is 0 Å². The van der Waals surface area contributed by atoms with E-state index in [-0.39, 0.29) is 18.4 Å². The van der Waals surface area contributed by atoms with Gasteiger partial charge in [0, 0.05) is 10.3 Å². The van der Waals surface area contributed by atoms with Gasteiger partial charge >= 0.3 is 0 Å². The first-order valence-electron chi connectivity index (χ1n) is 7.57. The Bertz CT molecular complexity index is 795. The van der Waals surface area contributed by atoms with E-state index in [0.717, 1.165) is 22.0 Å². The summed E-state index contributed by atoms with van der Waals surface area (Å²) in [6, 6.07) is 11.9. The monoisotopic (exact) mass is 358 g/mol. The topological polar surface area (TPSA) is 55.1 Å². The molecule has 0 aliphatic heterocycles. The van der Waals surface area contributed by atoms with Gasteiger partial charge in [-0.2, -0.15) is 0 Å². The number of nitrogens with zero attached hydrogens (tertiary/aromatic N) is 1. The maximum Gasteiger partial charge on any atom is 0.226 e. The van der Waals surface area contributed by atoms with Gasteiger partial charge in [0.15, 0.2) is 10.8 Å². The molecular weight excluding hydrogens is 340 g/mol. The molecule has 24 heavy (non-hydrogen) atoms. The van der Waals surface area contributed by atoms with Crippen molar-refractivity contribution in [2.45, 2.75) is 24.3 Å². The van der Waals surface area contributed by atoms with Gasteiger partial charge < -0.3 is 9.73 Å². The van der Waals surface area contributed by atoms with Crippen LogP contribution in [0, 0.1) is 0 Å². The molecule has 1 N–H and O–H groups in total. The Labute approximate surface area is 149 Å². The minimum absolute atomic E-state index is 0.0309. The highest BCUT2D eigenvalue weighted by atomic mass is 32.2. The number of carbonyl (C=O) groups is 1. The number of thiazole rings is 1. The van der Waals surface area contributed by atoms with Crippen LogP contribution in [0.25, 0.3) is 10.8 Å². The Balaban J connectivity index is 1.58. The van der Waals surface area contributed by atoms with E-state index >= 15 is 0 Å². The summed E-state index contributed by atoms with van der Waals surface area (Å²) in [6.45, 7) is 1.99. The Morgan fingerprint density at radius 3 is 2.79 bits per heavy atom. The molecule has 0 aliphatic rings. The number of aromatic nitrogens is 1. The molecule has 0 fully saturated rings. The van der Waals surface area contributed by atoms with E-state index in [1.54, 1.807) is 18.0 Å². The minimum Gasteiger partial charge on any atom is -0.462 e. The number of hydrogen-bond donors (Lipinski definition) is 1. The first kappa shape index (κ1) is 16.8. The van der Waals surface area contributed by atoms with Gasteiger partial charge in [-0.3, -0.25) is 4.79 Å². The lowest BCUT2D eigenvalue weighted by molar-refractivity contribution is -0.121. The van der Waals surface area contributed by atoms with Crippen LogP contribution in [0.4, 0.5) is 0 Å². The first-order chi connectivity index (χ1) is 11.7. The summed E-state index contributed by atoms with van der Waals surface area (Å²) in [7, 11) is 0. The molecular formula is C18H18N2O2S2. The van der Waals surface area contributed by atoms with E-state index in [2.05, 4.69) is 34.6 Å². The van der Waals surface area contributed by atoms with E-state index in [1.807, 2.05) is 30.7 Å². The van der Waals surface area contributed by atoms with Crippen LogP contribution in [0.2, 0.25) is 0 Å². The third-order valence-electron chi connectivity index (χ3n) is 3.62. The van der Waals surface area contributed by atoms with Crippen molar-refractivity contribution >= 4 is 29.0 Å². The molecule has 0 saturated carbocycles. The van der Waals surface area contributed by atoms with Crippen molar-refractivity contribution in [2.24, 2.45) is 0 Å². The van der Waals surface area contributed by atoms with Crippen LogP contribution in [0.1, 0.15) is 24.2 Å². The van der Waals surface area contributed by atoms with Gasteiger partial charge in [0.2, 0.25) is 5.91 Å². The molecule has 4 nitrogen and oxygen atoms in total. The zero-order valence-corrected chi connectivity index (χ0v) is 15.1. The highest BCUT2D eigenvalue weighted by molar-refractivity contribution is 7.98. The second-order valence-corrected chi connectivity index (χ2v) is 7.10. The Hall–Kier alpha value is -2.05. The SMILES string of the molecule is CSc1ccc(C(C)NC(=O)Cc2csc(-c3ccco3)n2)cc1. The average Bonchev–Trinajstić information content (AvgIpc) is 3.26. The molecule has 2 heterocycles. The molecule has 1 aromatic carbocycles. The van der Waals surface area contributed by atoms with Gasteiger partial charge in [-0.25, -0.2) is 4.98 Å². The predicted molar refractivity (Wildman–Crippen MR) is 98.3 cm³/mol. The standard InChI is InChI=1S/C18H18N2O2S2/c1-12(13-5-7-15(23-2)8-6-13)19-17(21)10-14-11-24-18(20-14)16-4-3-9-22-16/h3-9,11-12H,10H2,1-2H3,(H,19,21). The molecule has 3 rings (SSSR count). The van der Waals surface area contributed by atoms with Crippen molar-refractivity contribution in [2.75, 3.05) is 6.26 Å². The lowest BCUT2D eigenvalue weighted by atomic mass is 10.1. The maximum absolute atomic E-state index is 12.2. The third kappa shape index (κ3) is 4.07. The van der Waals surface area contributed by atoms with Crippen LogP contribution < -0.4 is 5.32 Å². The number of amides is 1. The molecule has 0 radical (unpaired) electrons. The number of carbonyl (C=O) groups excluding carboxylic acids is 1. The van der Waals surface area contributed by atoms with Gasteiger partial charge in [-0.1, -0.05) is 12.1 Å². The molecule has 124 valence electrons. The fourth-order valence-electron chi connectivity index (χ4n) is 2.33. The van der Waals surface area contributed by atoms with Crippen molar-refractivity contribution in [3.8, 4) is 10.8 Å². The van der Waals surface area contributed by atoms with Crippen LogP contribution in [-0.2, 0) is 11.2 Å². The van der Waals surface area contributed by atoms with Crippen LogP contribution in [-0.4, -0.2) is 17.1 Å². The fraction of sp³-hybridized carbons (Fsp3) is 0.222. The van der Waals surface area contributed by atoms with Crippen LogP contribution in [0.15, 0.2) is 57.4 Å². The van der Waals surface area contributed by atoms with Gasteiger partial charge in [-0.05, 0) is 43.0 Å². The van der Waals surface area contributed by atoms with Gasteiger partial charge in [0.25, 0.3) is 0 Å². The van der Waals surface area contributed by atoms with Crippen LogP contribution in [0.3, 0.4) is 0 Å². The van der Waals surface area contributed by atoms with Crippen LogP contribution >= 0.6 is 23.1 Å². The highest BCUT2D eigenvalue weighted by Crippen LogP contribution is 2.24. The number of hydrogen-bond acceptors (Lipinski definition) is 5. The van der Waals surface area contributed by atoms with Crippen molar-refractivity contribution in [1.29, 1.82) is 0 Å². The summed E-state index contributed by atoms with van der Waals surface area (Å²) in [5.41, 5.74) is 1.85. The summed E-state index contributed by atoms with van der Waals surface area (Å²) in [6.07, 6.45) is 3.93. The van der Waals surface area contributed by atoms with Gasteiger partial charge in [0.1, 0.15) is 0 Å². The zero-order valence-electron chi connectivity index (χ0n) is 13.5. The molecule has 0 saturated heterocycles. The number of thioether (sulfide) groups is 1. The van der Waals surface area contributed by atoms with Crippen molar-refractivity contribution in [3.63, 3.8) is 0 Å². The summed E-state index contributed by atoms with van der Waals surface area (Å²) >= 11 is 3.19. The summed E-state index contributed by atoms with van der Waals surface area (Å²) in [5, 5.41) is 5.71. The molecule has 0 spiro atoms. The second-order valence-electron chi connectivity index (χ2n) is 5.36. The van der Waals surface area contributed by atoms with Crippen molar-refractivity contribution in [1.82, 2.24) is 10.3 Å². The first-order valence-corrected chi connectivity index (χ1v) is 9.67. The van der Waals surface area contributed by atoms with E-state index in [9.17, 15) is 4.79 Å². The maximum atomic E-state index is 12.2. The molecule has 3 aromatic rings. The van der Waals surface area contributed by atoms with Crippen molar-refractivity contribution < 1.29 is 9.21 Å². The van der Waals surface area contributed by atoms with Crippen molar-refractivity contribution in [3.05, 3.63) is 59.3 Å². The smallest absolute Gasteiger partial charge is 0.226 e. The summed E-state index contributed by atoms with van der Waals surface area (Å²) in [5.74, 6) is 0.696. The molecule has 0 aliphatic carbocycles. The van der Waals surface area contributed by atoms with E-state index in [0.29, 0.717) is 0 Å². The highest BCUT2D eigenvalue weighted by Gasteiger charge is 2.13. The lowest BCUT2D eigenvalue weighted by Crippen LogP contribution is -2.28. The molecule has 1 unspecified atom stereocenters. The van der Waals surface area contributed by atoms with E-state index in [4.69, 9.17) is 4.42 Å². The zero-order chi connectivity index (χ0) is 16.9. The molecule has 0 bridgehead atoms. The van der Waals surface area contributed by atoms with E-state index in [1.165, 1.54) is 16.2 Å².